The van der Waals surface area contributed by atoms with Crippen LogP contribution in [0, 0.1) is 0 Å². The third kappa shape index (κ3) is 4.00. The van der Waals surface area contributed by atoms with Crippen LogP contribution in [0.5, 0.6) is 11.5 Å². The van der Waals surface area contributed by atoms with Crippen LogP contribution < -0.4 is 9.47 Å². The summed E-state index contributed by atoms with van der Waals surface area (Å²) in [5.41, 5.74) is 4.39. The first-order valence-electron chi connectivity index (χ1n) is 11.0. The van der Waals surface area contributed by atoms with Crippen molar-refractivity contribution in [2.24, 2.45) is 0 Å². The summed E-state index contributed by atoms with van der Waals surface area (Å²) in [6.45, 7) is 0.710. The van der Waals surface area contributed by atoms with E-state index < -0.39 is 0 Å². The lowest BCUT2D eigenvalue weighted by atomic mass is 9.99. The highest BCUT2D eigenvalue weighted by molar-refractivity contribution is 6.16. The van der Waals surface area contributed by atoms with Crippen molar-refractivity contribution in [1.82, 2.24) is 9.97 Å². The fraction of sp³-hybridized carbons (Fsp3) is 0.143. The first-order chi connectivity index (χ1) is 16.7. The van der Waals surface area contributed by atoms with E-state index in [9.17, 15) is 4.79 Å². The van der Waals surface area contributed by atoms with Gasteiger partial charge in [-0.3, -0.25) is 9.78 Å². The maximum atomic E-state index is 13.5. The van der Waals surface area contributed by atoms with E-state index in [2.05, 4.69) is 9.97 Å². The van der Waals surface area contributed by atoms with Crippen LogP contribution >= 0.6 is 0 Å². The Morgan fingerprint density at radius 1 is 0.912 bits per heavy atom. The number of carbonyl (C=O) groups excluding carboxylic acids is 1. The molecule has 5 aromatic rings. The highest BCUT2D eigenvalue weighted by Crippen LogP contribution is 2.34. The average molecular weight is 453 g/mol. The van der Waals surface area contributed by atoms with Gasteiger partial charge in [0.1, 0.15) is 23.8 Å². The number of para-hydroxylation sites is 1. The van der Waals surface area contributed by atoms with Crippen molar-refractivity contribution in [3.8, 4) is 11.5 Å². The van der Waals surface area contributed by atoms with Crippen LogP contribution in [-0.2, 0) is 18.0 Å². The molecular weight excluding hydrogens is 428 g/mol. The lowest BCUT2D eigenvalue weighted by Gasteiger charge is -2.12. The van der Waals surface area contributed by atoms with Gasteiger partial charge in [-0.2, -0.15) is 0 Å². The Kier molecular flexibility index (Phi) is 5.97. The number of nitrogens with one attached hydrogen (secondary N) is 1. The largest absolute Gasteiger partial charge is 0.496 e. The number of methoxy groups -OCH3 is 2. The van der Waals surface area contributed by atoms with Gasteiger partial charge in [-0.25, -0.2) is 0 Å². The zero-order valence-electron chi connectivity index (χ0n) is 19.0. The molecule has 3 aromatic carbocycles. The molecule has 170 valence electrons. The molecule has 0 amide bonds. The third-order valence-electron chi connectivity index (χ3n) is 5.81. The van der Waals surface area contributed by atoms with Crippen molar-refractivity contribution >= 4 is 27.6 Å². The van der Waals surface area contributed by atoms with E-state index in [-0.39, 0.29) is 12.4 Å². The molecule has 0 aliphatic carbocycles. The number of rotatable bonds is 8. The number of carbonyl (C=O) groups is 1. The van der Waals surface area contributed by atoms with E-state index in [1.807, 2.05) is 60.7 Å². The Balaban J connectivity index is 1.61. The molecule has 0 radical (unpaired) electrons. The van der Waals surface area contributed by atoms with Crippen molar-refractivity contribution in [3.63, 3.8) is 0 Å². The van der Waals surface area contributed by atoms with Crippen molar-refractivity contribution < 1.29 is 19.0 Å². The molecule has 0 aliphatic rings. The second kappa shape index (κ2) is 9.37. The number of H-pyrrole nitrogens is 1. The number of benzene rings is 3. The zero-order valence-corrected chi connectivity index (χ0v) is 19.0. The number of aromatic nitrogens is 2. The van der Waals surface area contributed by atoms with Crippen LogP contribution in [-0.4, -0.2) is 30.0 Å². The number of pyridine rings is 1. The lowest BCUT2D eigenvalue weighted by Crippen LogP contribution is -2.10. The van der Waals surface area contributed by atoms with Crippen LogP contribution in [0.4, 0.5) is 0 Å². The molecule has 0 aliphatic heterocycles. The SMILES string of the molecule is COCc1c(C(=O)c2ccccc2OC)ncc2[nH]c3ccc(OCc4ccccc4)cc3c12. The quantitative estimate of drug-likeness (QED) is 0.307. The molecule has 0 saturated carbocycles. The topological polar surface area (TPSA) is 73.4 Å². The van der Waals surface area contributed by atoms with Gasteiger partial charge in [0.2, 0.25) is 5.78 Å². The van der Waals surface area contributed by atoms with Gasteiger partial charge in [-0.15, -0.1) is 0 Å². The van der Waals surface area contributed by atoms with Gasteiger partial charge in [0, 0.05) is 29.0 Å². The van der Waals surface area contributed by atoms with Gasteiger partial charge in [0.05, 0.1) is 31.0 Å². The van der Waals surface area contributed by atoms with E-state index >= 15 is 0 Å². The molecule has 0 spiro atoms. The molecule has 1 N–H and O–H groups in total. The Bertz CT molecular complexity index is 1470. The zero-order chi connectivity index (χ0) is 23.5. The Hall–Kier alpha value is -4.16. The van der Waals surface area contributed by atoms with Gasteiger partial charge in [0.15, 0.2) is 0 Å². The second-order valence-electron chi connectivity index (χ2n) is 7.94. The van der Waals surface area contributed by atoms with E-state index in [1.54, 1.807) is 32.5 Å². The number of ether oxygens (including phenoxy) is 3. The molecule has 2 heterocycles. The lowest BCUT2D eigenvalue weighted by molar-refractivity contribution is 0.102. The monoisotopic (exact) mass is 452 g/mol. The van der Waals surface area contributed by atoms with Gasteiger partial charge in [-0.1, -0.05) is 42.5 Å². The second-order valence-corrected chi connectivity index (χ2v) is 7.94. The predicted molar refractivity (Wildman–Crippen MR) is 132 cm³/mol. The summed E-state index contributed by atoms with van der Waals surface area (Å²) in [5, 5.41) is 1.85. The molecule has 0 bridgehead atoms. The van der Waals surface area contributed by atoms with Crippen LogP contribution in [0.1, 0.15) is 27.2 Å². The highest BCUT2D eigenvalue weighted by atomic mass is 16.5. The first-order valence-corrected chi connectivity index (χ1v) is 11.0. The number of hydrogen-bond donors (Lipinski definition) is 1. The third-order valence-corrected chi connectivity index (χ3v) is 5.81. The minimum absolute atomic E-state index is 0.211. The van der Waals surface area contributed by atoms with Gasteiger partial charge in [-0.05, 0) is 35.9 Å². The van der Waals surface area contributed by atoms with Crippen LogP contribution in [0.15, 0.2) is 79.0 Å². The Morgan fingerprint density at radius 2 is 1.71 bits per heavy atom. The summed E-state index contributed by atoms with van der Waals surface area (Å²) < 4.78 is 17.0. The van der Waals surface area contributed by atoms with E-state index in [0.717, 1.165) is 38.7 Å². The fourth-order valence-electron chi connectivity index (χ4n) is 4.21. The molecule has 0 atom stereocenters. The van der Waals surface area contributed by atoms with Gasteiger partial charge in [0.25, 0.3) is 0 Å². The van der Waals surface area contributed by atoms with Crippen LogP contribution in [0.25, 0.3) is 21.8 Å². The summed E-state index contributed by atoms with van der Waals surface area (Å²) in [7, 11) is 3.16. The maximum absolute atomic E-state index is 13.5. The molecule has 5 rings (SSSR count). The number of aromatic amines is 1. The molecule has 0 saturated heterocycles. The molecule has 6 heteroatoms. The molecule has 2 aromatic heterocycles. The van der Waals surface area contributed by atoms with Crippen LogP contribution in [0.3, 0.4) is 0 Å². The highest BCUT2D eigenvalue weighted by Gasteiger charge is 2.22. The molecular formula is C28H24N2O4. The normalized spacial score (nSPS) is 11.1. The smallest absolute Gasteiger partial charge is 0.215 e. The maximum Gasteiger partial charge on any atom is 0.215 e. The standard InChI is InChI=1S/C28H24N2O4/c1-32-17-22-26-21-14-19(34-16-18-8-4-3-5-9-18)12-13-23(21)30-24(26)15-29-27(22)28(31)20-10-6-7-11-25(20)33-2/h3-15,30H,16-17H2,1-2H3. The number of nitrogens with zero attached hydrogens (tertiary/aromatic N) is 1. The Morgan fingerprint density at radius 3 is 2.50 bits per heavy atom. The van der Waals surface area contributed by atoms with Gasteiger partial charge < -0.3 is 19.2 Å². The first kappa shape index (κ1) is 21.7. The number of ketones is 1. The minimum Gasteiger partial charge on any atom is -0.496 e. The van der Waals surface area contributed by atoms with Crippen molar-refractivity contribution in [2.45, 2.75) is 13.2 Å². The average Bonchev–Trinajstić information content (AvgIpc) is 3.26. The summed E-state index contributed by atoms with van der Waals surface area (Å²) >= 11 is 0. The van der Waals surface area contributed by atoms with Crippen LogP contribution in [0.2, 0.25) is 0 Å². The molecule has 0 fully saturated rings. The molecule has 34 heavy (non-hydrogen) atoms. The molecule has 0 unspecified atom stereocenters. The van der Waals surface area contributed by atoms with E-state index in [1.165, 1.54) is 0 Å². The minimum atomic E-state index is -0.211. The van der Waals surface area contributed by atoms with Crippen molar-refractivity contribution in [2.75, 3.05) is 14.2 Å². The number of hydrogen-bond acceptors (Lipinski definition) is 5. The van der Waals surface area contributed by atoms with E-state index in [0.29, 0.717) is 23.6 Å². The van der Waals surface area contributed by atoms with Gasteiger partial charge >= 0.3 is 0 Å². The molecule has 6 nitrogen and oxygen atoms in total. The summed E-state index contributed by atoms with van der Waals surface area (Å²) in [6.07, 6.45) is 1.70. The summed E-state index contributed by atoms with van der Waals surface area (Å²) in [6, 6.07) is 23.1. The predicted octanol–water partition coefficient (Wildman–Crippen LogP) is 5.68. The van der Waals surface area contributed by atoms with E-state index in [4.69, 9.17) is 14.2 Å². The summed E-state index contributed by atoms with van der Waals surface area (Å²) in [5.74, 6) is 1.04. The van der Waals surface area contributed by atoms with Crippen molar-refractivity contribution in [3.05, 3.63) is 101 Å². The summed E-state index contributed by atoms with van der Waals surface area (Å²) in [4.78, 5) is 21.4. The Labute approximate surface area is 197 Å². The van der Waals surface area contributed by atoms with Crippen molar-refractivity contribution in [1.29, 1.82) is 0 Å². The number of fused-ring (bicyclic) bond motifs is 3. The fourth-order valence-corrected chi connectivity index (χ4v) is 4.21.